The van der Waals surface area contributed by atoms with Crippen LogP contribution in [0, 0.1) is 0 Å². The molecule has 0 aliphatic heterocycles. The molecule has 3 nitrogen and oxygen atoms in total. The van der Waals surface area contributed by atoms with E-state index >= 15 is 0 Å². The lowest BCUT2D eigenvalue weighted by molar-refractivity contribution is -0.123. The van der Waals surface area contributed by atoms with Crippen molar-refractivity contribution in [1.82, 2.24) is 5.32 Å². The van der Waals surface area contributed by atoms with Crippen molar-refractivity contribution in [3.63, 3.8) is 0 Å². The zero-order valence-electron chi connectivity index (χ0n) is 6.73. The van der Waals surface area contributed by atoms with Crippen LogP contribution in [0.25, 0.3) is 0 Å². The van der Waals surface area contributed by atoms with E-state index in [1.165, 1.54) is 5.54 Å². The summed E-state index contributed by atoms with van der Waals surface area (Å²) in [7, 11) is 0. The first-order valence-corrected chi connectivity index (χ1v) is 3.74. The zero-order valence-corrected chi connectivity index (χ0v) is 7.48. The first-order valence-electron chi connectivity index (χ1n) is 3.31. The summed E-state index contributed by atoms with van der Waals surface area (Å²) in [5.74, 6) is -0.375. The fourth-order valence-electron chi connectivity index (χ4n) is 0.446. The number of carbonyl (C=O) groups excluding carboxylic acids is 1. The summed E-state index contributed by atoms with van der Waals surface area (Å²) in [6.45, 7) is 3.98. The highest BCUT2D eigenvalue weighted by Crippen LogP contribution is 1.98. The lowest BCUT2D eigenvalue weighted by atomic mass is 10.1. The van der Waals surface area contributed by atoms with Crippen molar-refractivity contribution in [3.8, 4) is 0 Å². The highest BCUT2D eigenvalue weighted by molar-refractivity contribution is 6.25. The van der Waals surface area contributed by atoms with Crippen LogP contribution in [0.15, 0.2) is 11.6 Å². The van der Waals surface area contributed by atoms with Gasteiger partial charge < -0.3 is 11.1 Å². The molecule has 0 rings (SSSR count). The Kier molecular flexibility index (Phi) is 4.15. The van der Waals surface area contributed by atoms with Crippen LogP contribution < -0.4 is 11.1 Å². The summed E-state index contributed by atoms with van der Waals surface area (Å²) in [6.07, 6.45) is 1.70. The number of nitrogens with one attached hydrogen (secondary N) is 1. The minimum Gasteiger partial charge on any atom is -0.368 e. The SMILES string of the molecule is CC(C)(NC/C=C/Cl)C(N)=O. The molecule has 0 aromatic carbocycles. The van der Waals surface area contributed by atoms with E-state index in [0.717, 1.165) is 0 Å². The van der Waals surface area contributed by atoms with E-state index < -0.39 is 5.54 Å². The summed E-state index contributed by atoms with van der Waals surface area (Å²) >= 11 is 5.27. The smallest absolute Gasteiger partial charge is 0.237 e. The van der Waals surface area contributed by atoms with Gasteiger partial charge in [-0.1, -0.05) is 17.7 Å². The summed E-state index contributed by atoms with van der Waals surface area (Å²) in [5, 5.41) is 2.91. The highest BCUT2D eigenvalue weighted by atomic mass is 35.5. The summed E-state index contributed by atoms with van der Waals surface area (Å²) in [6, 6.07) is 0. The Bertz CT molecular complexity index is 166. The van der Waals surface area contributed by atoms with E-state index in [-0.39, 0.29) is 5.91 Å². The van der Waals surface area contributed by atoms with Crippen LogP contribution >= 0.6 is 11.6 Å². The van der Waals surface area contributed by atoms with Gasteiger partial charge in [-0.05, 0) is 13.8 Å². The van der Waals surface area contributed by atoms with Crippen molar-refractivity contribution in [2.24, 2.45) is 5.73 Å². The molecule has 0 aliphatic rings. The van der Waals surface area contributed by atoms with Crippen LogP contribution in [0.1, 0.15) is 13.8 Å². The van der Waals surface area contributed by atoms with Gasteiger partial charge in [0.1, 0.15) is 0 Å². The van der Waals surface area contributed by atoms with Gasteiger partial charge in [0, 0.05) is 12.1 Å². The van der Waals surface area contributed by atoms with Crippen LogP contribution in [0.3, 0.4) is 0 Å². The average molecular weight is 177 g/mol. The van der Waals surface area contributed by atoms with E-state index in [0.29, 0.717) is 6.54 Å². The quantitative estimate of drug-likeness (QED) is 0.659. The van der Waals surface area contributed by atoms with Gasteiger partial charge in [-0.2, -0.15) is 0 Å². The fourth-order valence-corrected chi connectivity index (χ4v) is 0.535. The molecule has 0 aromatic rings. The molecule has 0 heterocycles. The average Bonchev–Trinajstić information content (AvgIpc) is 1.88. The molecular formula is C7H13ClN2O. The molecule has 64 valence electrons. The number of primary amides is 1. The van der Waals surface area contributed by atoms with Gasteiger partial charge in [-0.25, -0.2) is 0 Å². The molecule has 0 radical (unpaired) electrons. The van der Waals surface area contributed by atoms with Crippen molar-refractivity contribution >= 4 is 17.5 Å². The topological polar surface area (TPSA) is 55.1 Å². The molecule has 0 aromatic heterocycles. The van der Waals surface area contributed by atoms with Crippen molar-refractivity contribution in [2.75, 3.05) is 6.54 Å². The second-order valence-electron chi connectivity index (χ2n) is 2.73. The monoisotopic (exact) mass is 176 g/mol. The number of rotatable bonds is 4. The molecule has 1 amide bonds. The predicted octanol–water partition coefficient (Wildman–Crippen LogP) is 0.592. The maximum atomic E-state index is 10.7. The van der Waals surface area contributed by atoms with Gasteiger partial charge >= 0.3 is 0 Å². The molecule has 0 saturated heterocycles. The zero-order chi connectivity index (χ0) is 8.91. The third kappa shape index (κ3) is 4.01. The molecule has 0 spiro atoms. The van der Waals surface area contributed by atoms with Crippen LogP contribution in [0.5, 0.6) is 0 Å². The second-order valence-corrected chi connectivity index (χ2v) is 2.98. The van der Waals surface area contributed by atoms with Crippen LogP contribution in [0.2, 0.25) is 0 Å². The Balaban J connectivity index is 3.82. The van der Waals surface area contributed by atoms with Crippen LogP contribution in [-0.4, -0.2) is 18.0 Å². The Labute approximate surface area is 71.6 Å². The van der Waals surface area contributed by atoms with E-state index in [4.69, 9.17) is 17.3 Å². The van der Waals surface area contributed by atoms with E-state index in [2.05, 4.69) is 5.32 Å². The van der Waals surface area contributed by atoms with Crippen LogP contribution in [0.4, 0.5) is 0 Å². The predicted molar refractivity (Wildman–Crippen MR) is 46.3 cm³/mol. The second kappa shape index (κ2) is 4.36. The maximum absolute atomic E-state index is 10.7. The Morgan fingerprint density at radius 1 is 1.73 bits per heavy atom. The molecule has 11 heavy (non-hydrogen) atoms. The lowest BCUT2D eigenvalue weighted by Crippen LogP contribution is -2.50. The minimum atomic E-state index is -0.670. The molecule has 0 saturated carbocycles. The van der Waals surface area contributed by atoms with Gasteiger partial charge in [0.15, 0.2) is 0 Å². The van der Waals surface area contributed by atoms with Gasteiger partial charge in [-0.15, -0.1) is 0 Å². The van der Waals surface area contributed by atoms with E-state index in [9.17, 15) is 4.79 Å². The summed E-state index contributed by atoms with van der Waals surface area (Å²) in [5.41, 5.74) is 5.82. The summed E-state index contributed by atoms with van der Waals surface area (Å²) in [4.78, 5) is 10.7. The molecule has 3 N–H and O–H groups in total. The number of hydrogen-bond donors (Lipinski definition) is 2. The van der Waals surface area contributed by atoms with Gasteiger partial charge in [0.25, 0.3) is 0 Å². The normalized spacial score (nSPS) is 12.3. The Morgan fingerprint density at radius 2 is 2.27 bits per heavy atom. The standard InChI is InChI=1S/C7H13ClN2O/c1-7(2,6(9)11)10-5-3-4-8/h3-4,10H,5H2,1-2H3,(H2,9,11)/b4-3+. The van der Waals surface area contributed by atoms with Crippen molar-refractivity contribution in [1.29, 1.82) is 0 Å². The fraction of sp³-hybridized carbons (Fsp3) is 0.571. The first kappa shape index (κ1) is 10.5. The molecule has 0 fully saturated rings. The first-order chi connectivity index (χ1) is 5.00. The van der Waals surface area contributed by atoms with Gasteiger partial charge in [0.05, 0.1) is 5.54 Å². The number of nitrogens with two attached hydrogens (primary N) is 1. The molecule has 0 bridgehead atoms. The van der Waals surface area contributed by atoms with Crippen molar-refractivity contribution in [2.45, 2.75) is 19.4 Å². The third-order valence-electron chi connectivity index (χ3n) is 1.37. The maximum Gasteiger partial charge on any atom is 0.237 e. The number of carbonyl (C=O) groups is 1. The molecule has 0 unspecified atom stereocenters. The highest BCUT2D eigenvalue weighted by Gasteiger charge is 2.22. The third-order valence-corrected chi connectivity index (χ3v) is 1.55. The largest absolute Gasteiger partial charge is 0.368 e. The lowest BCUT2D eigenvalue weighted by Gasteiger charge is -2.20. The van der Waals surface area contributed by atoms with Crippen LogP contribution in [-0.2, 0) is 4.79 Å². The number of amides is 1. The number of hydrogen-bond acceptors (Lipinski definition) is 2. The molecular weight excluding hydrogens is 164 g/mol. The Hall–Kier alpha value is -0.540. The molecule has 0 atom stereocenters. The van der Waals surface area contributed by atoms with Crippen molar-refractivity contribution < 1.29 is 4.79 Å². The molecule has 0 aliphatic carbocycles. The van der Waals surface area contributed by atoms with Gasteiger partial charge in [0.2, 0.25) is 5.91 Å². The van der Waals surface area contributed by atoms with E-state index in [1.807, 2.05) is 0 Å². The van der Waals surface area contributed by atoms with E-state index in [1.54, 1.807) is 19.9 Å². The van der Waals surface area contributed by atoms with Gasteiger partial charge in [-0.3, -0.25) is 4.79 Å². The Morgan fingerprint density at radius 3 is 2.64 bits per heavy atom. The summed E-state index contributed by atoms with van der Waals surface area (Å²) < 4.78 is 0. The van der Waals surface area contributed by atoms with Crippen molar-refractivity contribution in [3.05, 3.63) is 11.6 Å². The minimum absolute atomic E-state index is 0.375. The number of halogens is 1. The molecule has 4 heteroatoms.